The van der Waals surface area contributed by atoms with Gasteiger partial charge in [-0.2, -0.15) is 0 Å². The Morgan fingerprint density at radius 1 is 1.15 bits per heavy atom. The first-order valence-electron chi connectivity index (χ1n) is 8.92. The zero-order valence-electron chi connectivity index (χ0n) is 15.3. The van der Waals surface area contributed by atoms with Crippen molar-refractivity contribution < 1.29 is 56.6 Å². The Morgan fingerprint density at radius 3 is 2.11 bits per heavy atom. The Balaban J connectivity index is 0.00000180. The van der Waals surface area contributed by atoms with Crippen LogP contribution >= 0.6 is 22.7 Å². The minimum atomic E-state index is -1.72. The second kappa shape index (κ2) is 6.97. The number of thiophene rings is 2. The van der Waals surface area contributed by atoms with E-state index in [1.165, 1.54) is 22.7 Å². The van der Waals surface area contributed by atoms with E-state index in [2.05, 4.69) is 14.1 Å². The minimum Gasteiger partial charge on any atom is -0.459 e. The first-order valence-corrected chi connectivity index (χ1v) is 10.7. The number of morpholine rings is 1. The molecule has 0 aromatic carbocycles. The fourth-order valence-corrected chi connectivity index (χ4v) is 6.54. The molecule has 5 rings (SSSR count). The third kappa shape index (κ3) is 3.01. The van der Waals surface area contributed by atoms with Gasteiger partial charge in [0.25, 0.3) is 0 Å². The van der Waals surface area contributed by atoms with E-state index in [-0.39, 0.29) is 38.8 Å². The summed E-state index contributed by atoms with van der Waals surface area (Å²) in [6.07, 6.45) is 2.05. The second-order valence-electron chi connectivity index (χ2n) is 7.99. The van der Waals surface area contributed by atoms with Crippen LogP contribution in [0.2, 0.25) is 0 Å². The number of hydrogen-bond donors (Lipinski definition) is 1. The quantitative estimate of drug-likeness (QED) is 0.414. The molecule has 2 aromatic rings. The number of epoxide rings is 1. The minimum absolute atomic E-state index is 0. The van der Waals surface area contributed by atoms with Gasteiger partial charge in [-0.3, -0.25) is 0 Å². The fourth-order valence-electron chi connectivity index (χ4n) is 4.83. The van der Waals surface area contributed by atoms with Crippen LogP contribution in [0.4, 0.5) is 0 Å². The average Bonchev–Trinajstić information content (AvgIpc) is 2.98. The summed E-state index contributed by atoms with van der Waals surface area (Å²) < 4.78 is 12.6. The van der Waals surface area contributed by atoms with E-state index < -0.39 is 11.6 Å². The Labute approximate surface area is 191 Å². The third-order valence-corrected chi connectivity index (χ3v) is 8.32. The number of carbonyl (C=O) groups is 1. The molecule has 8 heteroatoms. The Morgan fingerprint density at radius 2 is 1.67 bits per heavy atom. The molecular formula is C19H22NO4S2Y+. The number of carbonyl (C=O) groups excluding carboxylic acids is 1. The summed E-state index contributed by atoms with van der Waals surface area (Å²) in [6, 6.07) is 8.01. The molecule has 5 atom stereocenters. The van der Waals surface area contributed by atoms with Gasteiger partial charge in [0.2, 0.25) is 5.60 Å². The first-order chi connectivity index (χ1) is 12.4. The maximum Gasteiger partial charge on any atom is 0.349 e. The fraction of sp³-hybridized carbons (Fsp3) is 0.526. The van der Waals surface area contributed by atoms with E-state index >= 15 is 0 Å². The molecule has 1 radical (unpaired) electrons. The Hall–Kier alpha value is -0.146. The number of ether oxygens (including phenoxy) is 2. The predicted molar refractivity (Wildman–Crippen MR) is 99.1 cm³/mol. The maximum absolute atomic E-state index is 13.1. The molecule has 2 aromatic heterocycles. The maximum atomic E-state index is 13.1. The summed E-state index contributed by atoms with van der Waals surface area (Å²) in [5, 5.41) is 15.1. The molecule has 0 saturated carbocycles. The number of fused-ring (bicyclic) bond motifs is 5. The molecule has 0 spiro atoms. The number of likely N-dealkylation sites (N-methyl/N-ethyl adjacent to an activating group) is 1. The summed E-state index contributed by atoms with van der Waals surface area (Å²) in [5.74, 6) is -0.561. The van der Waals surface area contributed by atoms with E-state index in [0.717, 1.165) is 17.3 Å². The van der Waals surface area contributed by atoms with E-state index in [1.54, 1.807) is 12.1 Å². The zero-order valence-corrected chi connectivity index (χ0v) is 19.7. The predicted octanol–water partition coefficient (Wildman–Crippen LogP) is 2.34. The molecule has 0 aliphatic carbocycles. The van der Waals surface area contributed by atoms with Crippen LogP contribution in [0.1, 0.15) is 22.6 Å². The van der Waals surface area contributed by atoms with Gasteiger partial charge in [0.15, 0.2) is 0 Å². The Bertz CT molecular complexity index is 769. The summed E-state index contributed by atoms with van der Waals surface area (Å²) in [6.45, 7) is 0. The summed E-state index contributed by atoms with van der Waals surface area (Å²) in [7, 11) is 4.49. The molecule has 5 heterocycles. The van der Waals surface area contributed by atoms with Gasteiger partial charge in [-0.05, 0) is 22.9 Å². The number of hydrogen-bond acceptors (Lipinski definition) is 6. The van der Waals surface area contributed by atoms with E-state index in [0.29, 0.717) is 34.0 Å². The van der Waals surface area contributed by atoms with Crippen LogP contribution < -0.4 is 0 Å². The van der Waals surface area contributed by atoms with Crippen LogP contribution in [0.15, 0.2) is 35.0 Å². The van der Waals surface area contributed by atoms with Crippen molar-refractivity contribution in [3.05, 3.63) is 44.8 Å². The third-order valence-electron chi connectivity index (χ3n) is 6.36. The number of rotatable bonds is 4. The van der Waals surface area contributed by atoms with Crippen LogP contribution in [0.3, 0.4) is 0 Å². The number of aliphatic hydroxyl groups is 1. The number of esters is 1. The van der Waals surface area contributed by atoms with Crippen molar-refractivity contribution in [2.75, 3.05) is 14.1 Å². The van der Waals surface area contributed by atoms with E-state index in [1.807, 2.05) is 22.9 Å². The molecular weight excluding hydrogens is 459 g/mol. The summed E-state index contributed by atoms with van der Waals surface area (Å²) >= 11 is 2.74. The molecule has 3 aliphatic heterocycles. The smallest absolute Gasteiger partial charge is 0.349 e. The average molecular weight is 481 g/mol. The van der Waals surface area contributed by atoms with Crippen LogP contribution in [-0.4, -0.2) is 60.0 Å². The molecule has 3 fully saturated rings. The number of nitrogens with zero attached hydrogens (tertiary/aromatic N) is 1. The summed E-state index contributed by atoms with van der Waals surface area (Å²) in [5.41, 5.74) is -1.72. The first kappa shape index (κ1) is 20.1. The molecule has 0 amide bonds. The van der Waals surface area contributed by atoms with Gasteiger partial charge in [0, 0.05) is 45.6 Å². The van der Waals surface area contributed by atoms with Gasteiger partial charge in [-0.1, -0.05) is 12.1 Å². The van der Waals surface area contributed by atoms with Gasteiger partial charge >= 0.3 is 5.97 Å². The van der Waals surface area contributed by atoms with Crippen LogP contribution in [0, 0.1) is 0 Å². The topological polar surface area (TPSA) is 59.1 Å². The van der Waals surface area contributed by atoms with Crippen LogP contribution in [-0.2, 0) is 52.6 Å². The molecule has 1 N–H and O–H groups in total. The van der Waals surface area contributed by atoms with Gasteiger partial charge in [0.05, 0.1) is 23.8 Å². The standard InChI is InChI=1S/C19H22NO4S2.Y/c1-20(2)12-9-11(10-13(20)17-16(12)24-17)23-18(21)19(22,14-5-3-7-25-14)15-6-4-8-26-15;/h3-8,11-13,16-17,22H,9-10H2,1-2H3;/q+1;/t11?,12-,13?,16+,17?;/m0./s1. The van der Waals surface area contributed by atoms with Gasteiger partial charge < -0.3 is 19.1 Å². The van der Waals surface area contributed by atoms with Gasteiger partial charge in [0.1, 0.15) is 30.4 Å². The number of piperidine rings is 1. The van der Waals surface area contributed by atoms with Crippen molar-refractivity contribution in [2.45, 2.75) is 48.8 Å². The molecule has 3 saturated heterocycles. The van der Waals surface area contributed by atoms with Crippen molar-refractivity contribution in [3.63, 3.8) is 0 Å². The van der Waals surface area contributed by atoms with E-state index in [4.69, 9.17) is 9.47 Å². The molecule has 2 bridgehead atoms. The zero-order chi connectivity index (χ0) is 18.1. The van der Waals surface area contributed by atoms with Gasteiger partial charge in [-0.25, -0.2) is 4.79 Å². The van der Waals surface area contributed by atoms with Crippen molar-refractivity contribution in [3.8, 4) is 0 Å². The van der Waals surface area contributed by atoms with Crippen molar-refractivity contribution in [1.82, 2.24) is 0 Å². The largest absolute Gasteiger partial charge is 0.459 e. The van der Waals surface area contributed by atoms with Crippen molar-refractivity contribution >= 4 is 28.6 Å². The second-order valence-corrected chi connectivity index (χ2v) is 9.89. The van der Waals surface area contributed by atoms with Crippen molar-refractivity contribution in [1.29, 1.82) is 0 Å². The normalized spacial score (nSPS) is 33.1. The molecule has 5 nitrogen and oxygen atoms in total. The molecule has 3 aliphatic rings. The Kier molecular flexibility index (Phi) is 5.20. The van der Waals surface area contributed by atoms with Crippen LogP contribution in [0.5, 0.6) is 0 Å². The molecule has 3 unspecified atom stereocenters. The number of quaternary nitrogens is 1. The SMILES string of the molecule is C[N+]1(C)C2CC(OC(=O)C(O)(c3cccs3)c3cccs3)C[C@H]1[C@H]1OC21.[Y]. The molecule has 27 heavy (non-hydrogen) atoms. The van der Waals surface area contributed by atoms with E-state index in [9.17, 15) is 9.90 Å². The van der Waals surface area contributed by atoms with Crippen LogP contribution in [0.25, 0.3) is 0 Å². The van der Waals surface area contributed by atoms with Gasteiger partial charge in [-0.15, -0.1) is 22.7 Å². The summed E-state index contributed by atoms with van der Waals surface area (Å²) in [4.78, 5) is 14.3. The molecule has 141 valence electrons. The monoisotopic (exact) mass is 481 g/mol. The van der Waals surface area contributed by atoms with Crippen molar-refractivity contribution in [2.24, 2.45) is 0 Å².